The number of carbonyl (C=O) groups excluding carboxylic acids is 2. The number of fused-ring (bicyclic) bond motifs is 1. The van der Waals surface area contributed by atoms with E-state index in [2.05, 4.69) is 10.6 Å². The molecule has 1 aromatic heterocycles. The summed E-state index contributed by atoms with van der Waals surface area (Å²) >= 11 is 0. The van der Waals surface area contributed by atoms with E-state index in [0.717, 1.165) is 0 Å². The van der Waals surface area contributed by atoms with Gasteiger partial charge in [0, 0.05) is 30.4 Å². The number of ether oxygens (including phenoxy) is 3. The first kappa shape index (κ1) is 30.4. The summed E-state index contributed by atoms with van der Waals surface area (Å²) in [5, 5.41) is 14.7. The lowest BCUT2D eigenvalue weighted by Crippen LogP contribution is -2.47. The third kappa shape index (κ3) is 7.50. The molecule has 0 saturated heterocycles. The van der Waals surface area contributed by atoms with Crippen molar-refractivity contribution in [3.8, 4) is 22.6 Å². The van der Waals surface area contributed by atoms with Crippen molar-refractivity contribution in [1.29, 1.82) is 0 Å². The zero-order valence-electron chi connectivity index (χ0n) is 23.4. The molecule has 1 atom stereocenters. The van der Waals surface area contributed by atoms with E-state index in [-0.39, 0.29) is 29.6 Å². The van der Waals surface area contributed by atoms with Crippen LogP contribution in [-0.4, -0.2) is 60.2 Å². The van der Waals surface area contributed by atoms with Gasteiger partial charge in [-0.2, -0.15) is 0 Å². The van der Waals surface area contributed by atoms with Crippen LogP contribution in [0.2, 0.25) is 0 Å². The van der Waals surface area contributed by atoms with Crippen molar-refractivity contribution >= 4 is 22.9 Å². The van der Waals surface area contributed by atoms with E-state index in [9.17, 15) is 19.5 Å². The fourth-order valence-electron chi connectivity index (χ4n) is 4.00. The molecule has 2 amide bonds. The van der Waals surface area contributed by atoms with Crippen LogP contribution in [0.1, 0.15) is 34.1 Å². The number of rotatable bonds is 11. The van der Waals surface area contributed by atoms with Crippen LogP contribution in [0.15, 0.2) is 47.4 Å². The zero-order chi connectivity index (χ0) is 29.4. The van der Waals surface area contributed by atoms with Gasteiger partial charge in [-0.25, -0.2) is 9.18 Å². The van der Waals surface area contributed by atoms with Gasteiger partial charge >= 0.3 is 6.09 Å². The number of hydrogen-bond acceptors (Lipinski definition) is 7. The molecule has 0 aliphatic heterocycles. The summed E-state index contributed by atoms with van der Waals surface area (Å²) in [6.07, 6.45) is 0.0246. The van der Waals surface area contributed by atoms with Crippen LogP contribution in [0.4, 0.5) is 9.18 Å². The highest BCUT2D eigenvalue weighted by molar-refractivity contribution is 5.89. The topological polar surface area (TPSA) is 128 Å². The minimum absolute atomic E-state index is 0.0172. The molecule has 0 aliphatic carbocycles. The molecule has 0 unspecified atom stereocenters. The van der Waals surface area contributed by atoms with Crippen molar-refractivity contribution < 1.29 is 33.3 Å². The molecule has 11 heteroatoms. The van der Waals surface area contributed by atoms with Gasteiger partial charge in [0.2, 0.25) is 6.10 Å². The summed E-state index contributed by atoms with van der Waals surface area (Å²) in [6, 6.07) is 9.48. The van der Waals surface area contributed by atoms with Gasteiger partial charge < -0.3 is 34.5 Å². The fourth-order valence-corrected chi connectivity index (χ4v) is 4.00. The molecule has 0 fully saturated rings. The number of methoxy groups -OCH3 is 1. The highest BCUT2D eigenvalue weighted by Crippen LogP contribution is 2.29. The smallest absolute Gasteiger partial charge is 0.408 e. The van der Waals surface area contributed by atoms with Gasteiger partial charge in [0.05, 0.1) is 31.2 Å². The molecular weight excluding hydrogens is 521 g/mol. The Labute approximate surface area is 232 Å². The van der Waals surface area contributed by atoms with E-state index >= 15 is 4.39 Å². The molecule has 1 heterocycles. The van der Waals surface area contributed by atoms with Crippen LogP contribution in [0.5, 0.6) is 11.5 Å². The van der Waals surface area contributed by atoms with Gasteiger partial charge in [-0.15, -0.1) is 0 Å². The Morgan fingerprint density at radius 1 is 1.12 bits per heavy atom. The summed E-state index contributed by atoms with van der Waals surface area (Å²) in [5.74, 6) is -0.472. The third-order valence-electron chi connectivity index (χ3n) is 5.83. The number of aromatic nitrogens is 1. The summed E-state index contributed by atoms with van der Waals surface area (Å²) in [6.45, 7) is 6.95. The Morgan fingerprint density at radius 2 is 1.82 bits per heavy atom. The number of aliphatic hydroxyl groups excluding tert-OH is 1. The van der Waals surface area contributed by atoms with Crippen molar-refractivity contribution in [2.75, 3.05) is 26.9 Å². The number of nitrogens with zero attached hydrogens (tertiary/aromatic N) is 1. The van der Waals surface area contributed by atoms with Crippen molar-refractivity contribution in [3.63, 3.8) is 0 Å². The molecule has 2 aromatic carbocycles. The van der Waals surface area contributed by atoms with Crippen LogP contribution >= 0.6 is 0 Å². The maximum atomic E-state index is 15.1. The van der Waals surface area contributed by atoms with Crippen molar-refractivity contribution in [3.05, 3.63) is 58.6 Å². The van der Waals surface area contributed by atoms with E-state index in [4.69, 9.17) is 14.2 Å². The van der Waals surface area contributed by atoms with Crippen LogP contribution in [0.25, 0.3) is 22.0 Å². The zero-order valence-corrected chi connectivity index (χ0v) is 23.4. The summed E-state index contributed by atoms with van der Waals surface area (Å²) in [4.78, 5) is 38.2. The number of hydrogen-bond donors (Lipinski definition) is 3. The molecule has 0 spiro atoms. The van der Waals surface area contributed by atoms with Crippen molar-refractivity contribution in [2.24, 2.45) is 0 Å². The average Bonchev–Trinajstić information content (AvgIpc) is 2.91. The Kier molecular flexibility index (Phi) is 10.1. The number of nitrogens with one attached hydrogen (secondary N) is 2. The Balaban J connectivity index is 1.94. The Bertz CT molecular complexity index is 1400. The number of alkyl carbamates (subject to hydrolysis) is 1. The summed E-state index contributed by atoms with van der Waals surface area (Å²) in [7, 11) is 1.53. The van der Waals surface area contributed by atoms with Gasteiger partial charge in [0.15, 0.2) is 5.43 Å². The second kappa shape index (κ2) is 13.3. The molecule has 0 saturated carbocycles. The molecule has 40 heavy (non-hydrogen) atoms. The van der Waals surface area contributed by atoms with E-state index < -0.39 is 41.5 Å². The number of aliphatic hydroxyl groups is 1. The van der Waals surface area contributed by atoms with E-state index in [0.29, 0.717) is 30.1 Å². The number of halogens is 1. The molecule has 3 aromatic rings. The van der Waals surface area contributed by atoms with Gasteiger partial charge in [-0.3, -0.25) is 9.59 Å². The average molecular weight is 558 g/mol. The van der Waals surface area contributed by atoms with Crippen LogP contribution in [-0.2, 0) is 16.1 Å². The fraction of sp³-hybridized carbons (Fsp3) is 0.414. The number of amides is 2. The first-order valence-corrected chi connectivity index (χ1v) is 13.0. The first-order valence-electron chi connectivity index (χ1n) is 13.0. The molecule has 0 radical (unpaired) electrons. The minimum atomic E-state index is -1.43. The second-order valence-corrected chi connectivity index (χ2v) is 10.2. The minimum Gasteiger partial charge on any atom is -0.497 e. The van der Waals surface area contributed by atoms with Crippen LogP contribution in [0.3, 0.4) is 0 Å². The highest BCUT2D eigenvalue weighted by Gasteiger charge is 2.25. The Hall–Kier alpha value is -4.12. The normalized spacial score (nSPS) is 12.1. The summed E-state index contributed by atoms with van der Waals surface area (Å²) < 4.78 is 32.9. The summed E-state index contributed by atoms with van der Waals surface area (Å²) in [5.41, 5.74) is -0.0253. The molecule has 0 aliphatic rings. The van der Waals surface area contributed by atoms with Gasteiger partial charge in [-0.1, -0.05) is 19.1 Å². The predicted octanol–water partition coefficient (Wildman–Crippen LogP) is 3.61. The number of pyridine rings is 1. The molecule has 3 N–H and O–H groups in total. The lowest BCUT2D eigenvalue weighted by molar-refractivity contribution is -0.131. The largest absolute Gasteiger partial charge is 0.497 e. The van der Waals surface area contributed by atoms with Crippen molar-refractivity contribution in [2.45, 2.75) is 52.3 Å². The van der Waals surface area contributed by atoms with E-state index in [1.54, 1.807) is 55.8 Å². The standard InChI is InChI=1S/C29H36FN3O7/c1-6-15-39-22-12-11-21(30)24-25(22)33(16-20(26(24)35)18-7-9-19(38-5)10-8-18)14-13-31-27(36)23(17-34)40-28(37)32-29(2,3)4/h7-12,16,23,34H,6,13-15,17H2,1-5H3,(H,31,36)(H,32,37)/t23-/m0/s1. The number of benzene rings is 2. The maximum absolute atomic E-state index is 15.1. The first-order chi connectivity index (χ1) is 19.0. The monoisotopic (exact) mass is 557 g/mol. The predicted molar refractivity (Wildman–Crippen MR) is 149 cm³/mol. The molecule has 216 valence electrons. The quantitative estimate of drug-likeness (QED) is 0.329. The third-order valence-corrected chi connectivity index (χ3v) is 5.83. The van der Waals surface area contributed by atoms with E-state index in [1.807, 2.05) is 6.92 Å². The van der Waals surface area contributed by atoms with Crippen molar-refractivity contribution in [1.82, 2.24) is 15.2 Å². The molecule has 10 nitrogen and oxygen atoms in total. The van der Waals surface area contributed by atoms with Gasteiger partial charge in [0.25, 0.3) is 5.91 Å². The second-order valence-electron chi connectivity index (χ2n) is 10.2. The Morgan fingerprint density at radius 3 is 2.42 bits per heavy atom. The van der Waals surface area contributed by atoms with E-state index in [1.165, 1.54) is 19.2 Å². The van der Waals surface area contributed by atoms with Crippen LogP contribution in [0, 0.1) is 5.82 Å². The molecular formula is C29H36FN3O7. The van der Waals surface area contributed by atoms with Crippen LogP contribution < -0.4 is 25.5 Å². The van der Waals surface area contributed by atoms with Gasteiger partial charge in [-0.05, 0) is 57.0 Å². The lowest BCUT2D eigenvalue weighted by atomic mass is 10.0. The maximum Gasteiger partial charge on any atom is 0.408 e. The SMILES string of the molecule is CCCOc1ccc(F)c2c(=O)c(-c3ccc(OC)cc3)cn(CCNC(=O)[C@H](CO)OC(=O)NC(C)(C)C)c12. The lowest BCUT2D eigenvalue weighted by Gasteiger charge is -2.22. The highest BCUT2D eigenvalue weighted by atomic mass is 19.1. The molecule has 3 rings (SSSR count). The number of carbonyl (C=O) groups is 2. The molecule has 0 bridgehead atoms. The van der Waals surface area contributed by atoms with Gasteiger partial charge in [0.1, 0.15) is 17.3 Å².